The maximum atomic E-state index is 13.3. The molecule has 0 saturated heterocycles. The first-order valence-electron chi connectivity index (χ1n) is 9.83. The lowest BCUT2D eigenvalue weighted by atomic mass is 10.2. The molecule has 0 radical (unpaired) electrons. The van der Waals surface area contributed by atoms with Crippen LogP contribution in [0.15, 0.2) is 23.6 Å². The summed E-state index contributed by atoms with van der Waals surface area (Å²) in [5, 5.41) is 2.05. The lowest BCUT2D eigenvalue weighted by Gasteiger charge is -2.26. The van der Waals surface area contributed by atoms with Crippen LogP contribution in [0.1, 0.15) is 47.4 Å². The topological polar surface area (TPSA) is 54.8 Å². The van der Waals surface area contributed by atoms with Crippen molar-refractivity contribution in [3.8, 4) is 0 Å². The minimum Gasteiger partial charge on any atom is -0.459 e. The number of amides is 1. The van der Waals surface area contributed by atoms with Crippen LogP contribution >= 0.6 is 11.3 Å². The summed E-state index contributed by atoms with van der Waals surface area (Å²) in [4.78, 5) is 30.5. The van der Waals surface area contributed by atoms with E-state index in [0.29, 0.717) is 18.7 Å². The molecule has 2 heterocycles. The van der Waals surface area contributed by atoms with E-state index >= 15 is 0 Å². The zero-order valence-corrected chi connectivity index (χ0v) is 19.4. The molecule has 0 aromatic carbocycles. The molecule has 0 fully saturated rings. The van der Waals surface area contributed by atoms with Crippen LogP contribution in [0.2, 0.25) is 0 Å². The molecule has 0 aliphatic rings. The minimum atomic E-state index is -0.579. The predicted octanol–water partition coefficient (Wildman–Crippen LogP) is 3.56. The number of ether oxygens (including phenoxy) is 1. The van der Waals surface area contributed by atoms with Crippen LogP contribution in [0.4, 0.5) is 0 Å². The van der Waals surface area contributed by atoms with Gasteiger partial charge in [-0.05, 0) is 66.2 Å². The molecule has 6 nitrogen and oxygen atoms in total. The fourth-order valence-corrected chi connectivity index (χ4v) is 3.79. The van der Waals surface area contributed by atoms with Crippen LogP contribution in [0.25, 0.3) is 0 Å². The Bertz CT molecular complexity index is 832. The number of hydrogen-bond acceptors (Lipinski definition) is 5. The summed E-state index contributed by atoms with van der Waals surface area (Å²) in [5.41, 5.74) is 2.01. The van der Waals surface area contributed by atoms with Crippen molar-refractivity contribution in [3.63, 3.8) is 0 Å². The quantitative estimate of drug-likeness (QED) is 0.614. The van der Waals surface area contributed by atoms with E-state index in [2.05, 4.69) is 16.0 Å². The third kappa shape index (κ3) is 6.72. The van der Waals surface area contributed by atoms with Gasteiger partial charge in [-0.25, -0.2) is 0 Å². The molecule has 0 atom stereocenters. The van der Waals surface area contributed by atoms with Gasteiger partial charge >= 0.3 is 5.97 Å². The maximum Gasteiger partial charge on any atom is 0.326 e. The predicted molar refractivity (Wildman–Crippen MR) is 118 cm³/mol. The van der Waals surface area contributed by atoms with E-state index in [-0.39, 0.29) is 12.5 Å². The smallest absolute Gasteiger partial charge is 0.326 e. The molecule has 2 aromatic heterocycles. The Hall–Kier alpha value is -2.12. The van der Waals surface area contributed by atoms with Crippen molar-refractivity contribution in [1.82, 2.24) is 14.4 Å². The molecule has 0 N–H and O–H groups in total. The third-order valence-electron chi connectivity index (χ3n) is 4.54. The number of hydrogen-bond donors (Lipinski definition) is 0. The van der Waals surface area contributed by atoms with Crippen molar-refractivity contribution < 1.29 is 14.3 Å². The van der Waals surface area contributed by atoms with Gasteiger partial charge in [-0.15, -0.1) is 11.3 Å². The number of carbonyl (C=O) groups is 2. The van der Waals surface area contributed by atoms with E-state index in [4.69, 9.17) is 4.74 Å². The Morgan fingerprint density at radius 3 is 2.41 bits per heavy atom. The molecule has 0 spiro atoms. The fraction of sp³-hybridized carbons (Fsp3) is 0.545. The van der Waals surface area contributed by atoms with Gasteiger partial charge in [-0.3, -0.25) is 9.59 Å². The second-order valence-electron chi connectivity index (χ2n) is 8.57. The van der Waals surface area contributed by atoms with Crippen molar-refractivity contribution in [2.24, 2.45) is 0 Å². The highest BCUT2D eigenvalue weighted by atomic mass is 32.1. The van der Waals surface area contributed by atoms with E-state index in [1.807, 2.05) is 65.7 Å². The Kier molecular flexibility index (Phi) is 7.66. The summed E-state index contributed by atoms with van der Waals surface area (Å²) < 4.78 is 7.59. The van der Waals surface area contributed by atoms with E-state index < -0.39 is 11.6 Å². The molecular formula is C22H33N3O3S. The number of aryl methyl sites for hydroxylation is 1. The Morgan fingerprint density at radius 2 is 1.86 bits per heavy atom. The van der Waals surface area contributed by atoms with Crippen LogP contribution in [-0.2, 0) is 16.1 Å². The Balaban J connectivity index is 2.24. The van der Waals surface area contributed by atoms with E-state index in [0.717, 1.165) is 17.9 Å². The second kappa shape index (κ2) is 9.59. The second-order valence-corrected chi connectivity index (χ2v) is 9.60. The third-order valence-corrected chi connectivity index (χ3v) is 5.40. The van der Waals surface area contributed by atoms with Crippen LogP contribution in [0.5, 0.6) is 0 Å². The highest BCUT2D eigenvalue weighted by Crippen LogP contribution is 2.21. The Morgan fingerprint density at radius 1 is 1.17 bits per heavy atom. The summed E-state index contributed by atoms with van der Waals surface area (Å²) >= 11 is 1.70. The summed E-state index contributed by atoms with van der Waals surface area (Å²) in [6.07, 6.45) is 0. The average Bonchev–Trinajstić information content (AvgIpc) is 3.20. The number of esters is 1. The number of aromatic nitrogens is 1. The van der Waals surface area contributed by atoms with Crippen LogP contribution in [0.3, 0.4) is 0 Å². The monoisotopic (exact) mass is 419 g/mol. The van der Waals surface area contributed by atoms with Gasteiger partial charge in [0.1, 0.15) is 12.1 Å². The first kappa shape index (κ1) is 23.2. The summed E-state index contributed by atoms with van der Waals surface area (Å²) in [6, 6.07) is 6.05. The van der Waals surface area contributed by atoms with E-state index in [1.165, 1.54) is 4.88 Å². The van der Waals surface area contributed by atoms with Crippen LogP contribution < -0.4 is 0 Å². The molecule has 2 aromatic rings. The van der Waals surface area contributed by atoms with Gasteiger partial charge in [0.25, 0.3) is 5.91 Å². The van der Waals surface area contributed by atoms with Gasteiger partial charge < -0.3 is 19.1 Å². The molecule has 160 valence electrons. The Labute approximate surface area is 178 Å². The zero-order chi connectivity index (χ0) is 21.8. The SMILES string of the molecule is Cc1cc(C(=O)N(CCN(C)C)CC(=O)OC(C)(C)C)c(C)n1Cc1cccs1. The van der Waals surface area contributed by atoms with Gasteiger partial charge in [0.05, 0.1) is 12.1 Å². The van der Waals surface area contributed by atoms with Gasteiger partial charge in [0.15, 0.2) is 0 Å². The molecule has 29 heavy (non-hydrogen) atoms. The number of rotatable bonds is 8. The highest BCUT2D eigenvalue weighted by molar-refractivity contribution is 7.09. The lowest BCUT2D eigenvalue weighted by Crippen LogP contribution is -2.42. The number of likely N-dealkylation sites (N-methyl/N-ethyl adjacent to an activating group) is 1. The molecule has 1 amide bonds. The number of thiophene rings is 1. The first-order chi connectivity index (χ1) is 13.5. The average molecular weight is 420 g/mol. The first-order valence-corrected chi connectivity index (χ1v) is 10.7. The lowest BCUT2D eigenvalue weighted by molar-refractivity contribution is -0.155. The molecule has 0 bridgehead atoms. The van der Waals surface area contributed by atoms with Crippen molar-refractivity contribution >= 4 is 23.2 Å². The van der Waals surface area contributed by atoms with Crippen LogP contribution in [0, 0.1) is 13.8 Å². The largest absolute Gasteiger partial charge is 0.459 e. The minimum absolute atomic E-state index is 0.0570. The van der Waals surface area contributed by atoms with Crippen molar-refractivity contribution in [2.45, 2.75) is 46.8 Å². The summed E-state index contributed by atoms with van der Waals surface area (Å²) in [7, 11) is 3.89. The van der Waals surface area contributed by atoms with Gasteiger partial charge in [0.2, 0.25) is 0 Å². The van der Waals surface area contributed by atoms with Crippen LogP contribution in [-0.4, -0.2) is 65.6 Å². The molecular weight excluding hydrogens is 386 g/mol. The molecule has 7 heteroatoms. The van der Waals surface area contributed by atoms with Gasteiger partial charge in [-0.1, -0.05) is 6.07 Å². The van der Waals surface area contributed by atoms with Gasteiger partial charge in [0, 0.05) is 29.4 Å². The van der Waals surface area contributed by atoms with E-state index in [1.54, 1.807) is 16.2 Å². The summed E-state index contributed by atoms with van der Waals surface area (Å²) in [6.45, 7) is 11.3. The summed E-state index contributed by atoms with van der Waals surface area (Å²) in [5.74, 6) is -0.528. The number of carbonyl (C=O) groups excluding carboxylic acids is 2. The highest BCUT2D eigenvalue weighted by Gasteiger charge is 2.26. The molecule has 0 saturated carbocycles. The normalized spacial score (nSPS) is 11.7. The zero-order valence-electron chi connectivity index (χ0n) is 18.6. The van der Waals surface area contributed by atoms with Gasteiger partial charge in [-0.2, -0.15) is 0 Å². The molecule has 0 unspecified atom stereocenters. The van der Waals surface area contributed by atoms with Crippen molar-refractivity contribution in [3.05, 3.63) is 45.4 Å². The maximum absolute atomic E-state index is 13.3. The standard InChI is InChI=1S/C22H33N3O3S/c1-16-13-19(17(2)25(16)14-18-9-8-12-29-18)21(27)24(11-10-23(6)7)15-20(26)28-22(3,4)5/h8-9,12-13H,10-11,14-15H2,1-7H3. The van der Waals surface area contributed by atoms with E-state index in [9.17, 15) is 9.59 Å². The molecule has 2 rings (SSSR count). The molecule has 0 aliphatic carbocycles. The van der Waals surface area contributed by atoms with Crippen molar-refractivity contribution in [2.75, 3.05) is 33.7 Å². The number of nitrogens with zero attached hydrogens (tertiary/aromatic N) is 3. The fourth-order valence-electron chi connectivity index (χ4n) is 3.09. The van der Waals surface area contributed by atoms with Crippen molar-refractivity contribution in [1.29, 1.82) is 0 Å². The molecule has 0 aliphatic heterocycles.